The van der Waals surface area contributed by atoms with Crippen LogP contribution in [0.15, 0.2) is 6.07 Å². The smallest absolute Gasteiger partial charge is 0.261 e. The molecule has 0 saturated heterocycles. The summed E-state index contributed by atoms with van der Waals surface area (Å²) in [4.78, 5) is 15.2. The Kier molecular flexibility index (Phi) is 5.59. The summed E-state index contributed by atoms with van der Waals surface area (Å²) in [6, 6.07) is 2.55. The van der Waals surface area contributed by atoms with E-state index in [1.54, 1.807) is 11.3 Å². The van der Waals surface area contributed by atoms with Crippen LogP contribution in [0, 0.1) is 22.7 Å². The molecule has 1 atom stereocenters. The molecule has 1 unspecified atom stereocenters. The number of fused-ring (bicyclic) bond motifs is 1. The van der Waals surface area contributed by atoms with Gasteiger partial charge in [-0.05, 0) is 79.2 Å². The lowest BCUT2D eigenvalue weighted by molar-refractivity contribution is 0.0908. The first kappa shape index (κ1) is 19.9. The third-order valence-electron chi connectivity index (χ3n) is 6.82. The molecule has 0 aliphatic heterocycles. The van der Waals surface area contributed by atoms with Crippen molar-refractivity contribution in [3.8, 4) is 0 Å². The van der Waals surface area contributed by atoms with Crippen molar-refractivity contribution in [2.45, 2.75) is 92.5 Å². The second kappa shape index (κ2) is 7.30. The zero-order valence-electron chi connectivity index (χ0n) is 17.6. The highest BCUT2D eigenvalue weighted by molar-refractivity contribution is 7.14. The first-order chi connectivity index (χ1) is 12.0. The lowest BCUT2D eigenvalue weighted by Crippen LogP contribution is -2.39. The lowest BCUT2D eigenvalue weighted by Gasteiger charge is -2.37. The van der Waals surface area contributed by atoms with Crippen molar-refractivity contribution in [2.24, 2.45) is 22.7 Å². The van der Waals surface area contributed by atoms with E-state index in [1.807, 2.05) is 0 Å². The van der Waals surface area contributed by atoms with Crippen molar-refractivity contribution in [1.29, 1.82) is 0 Å². The van der Waals surface area contributed by atoms with Crippen LogP contribution in [0.5, 0.6) is 0 Å². The highest BCUT2D eigenvalue weighted by Crippen LogP contribution is 2.40. The van der Waals surface area contributed by atoms with Crippen LogP contribution in [-0.4, -0.2) is 11.9 Å². The number of carbonyl (C=O) groups is 1. The average Bonchev–Trinajstić information content (AvgIpc) is 2.97. The molecule has 2 aliphatic rings. The average molecular weight is 376 g/mol. The standard InChI is InChI=1S/C23H37NOS/c1-22(2,3)16-7-10-18(11-8-16)24-21(25)20-14-15-13-17(23(4,5)6)9-12-19(15)26-20/h14,16-18H,7-13H2,1-6H3,(H,24,25). The summed E-state index contributed by atoms with van der Waals surface area (Å²) in [6.45, 7) is 14.1. The van der Waals surface area contributed by atoms with E-state index in [-0.39, 0.29) is 5.91 Å². The summed E-state index contributed by atoms with van der Waals surface area (Å²) in [5.41, 5.74) is 2.18. The molecule has 1 N–H and O–H groups in total. The van der Waals surface area contributed by atoms with Crippen LogP contribution in [0.25, 0.3) is 0 Å². The van der Waals surface area contributed by atoms with Gasteiger partial charge in [0.15, 0.2) is 0 Å². The van der Waals surface area contributed by atoms with Gasteiger partial charge in [-0.15, -0.1) is 11.3 Å². The number of carbonyl (C=O) groups excluding carboxylic acids is 1. The molecule has 1 amide bonds. The minimum Gasteiger partial charge on any atom is -0.349 e. The van der Waals surface area contributed by atoms with Gasteiger partial charge in [-0.2, -0.15) is 0 Å². The molecule has 0 spiro atoms. The lowest BCUT2D eigenvalue weighted by atomic mass is 9.71. The van der Waals surface area contributed by atoms with E-state index in [1.165, 1.54) is 29.7 Å². The minimum absolute atomic E-state index is 0.163. The van der Waals surface area contributed by atoms with Gasteiger partial charge in [0.1, 0.15) is 0 Å². The van der Waals surface area contributed by atoms with Crippen molar-refractivity contribution >= 4 is 17.2 Å². The predicted molar refractivity (Wildman–Crippen MR) is 112 cm³/mol. The van der Waals surface area contributed by atoms with Crippen molar-refractivity contribution < 1.29 is 4.79 Å². The molecule has 146 valence electrons. The number of hydrogen-bond donors (Lipinski definition) is 1. The Morgan fingerprint density at radius 2 is 1.58 bits per heavy atom. The maximum absolute atomic E-state index is 12.8. The van der Waals surface area contributed by atoms with E-state index in [0.29, 0.717) is 16.9 Å². The van der Waals surface area contributed by atoms with Crippen molar-refractivity contribution in [2.75, 3.05) is 0 Å². The third kappa shape index (κ3) is 4.52. The summed E-state index contributed by atoms with van der Waals surface area (Å²) in [5.74, 6) is 1.68. The van der Waals surface area contributed by atoms with Crippen LogP contribution in [0.3, 0.4) is 0 Å². The van der Waals surface area contributed by atoms with Crippen LogP contribution in [0.2, 0.25) is 0 Å². The number of thiophene rings is 1. The van der Waals surface area contributed by atoms with E-state index in [9.17, 15) is 4.79 Å². The maximum Gasteiger partial charge on any atom is 0.261 e. The topological polar surface area (TPSA) is 29.1 Å². The molecular formula is C23H37NOS. The molecule has 1 heterocycles. The predicted octanol–water partition coefficient (Wildman–Crippen LogP) is 6.23. The van der Waals surface area contributed by atoms with E-state index >= 15 is 0 Å². The molecular weight excluding hydrogens is 338 g/mol. The normalized spacial score (nSPS) is 27.1. The van der Waals surface area contributed by atoms with Crippen LogP contribution < -0.4 is 5.32 Å². The number of nitrogens with one attached hydrogen (secondary N) is 1. The number of hydrogen-bond acceptors (Lipinski definition) is 2. The molecule has 1 saturated carbocycles. The van der Waals surface area contributed by atoms with Gasteiger partial charge in [-0.3, -0.25) is 4.79 Å². The fourth-order valence-electron chi connectivity index (χ4n) is 4.74. The summed E-state index contributed by atoms with van der Waals surface area (Å²) in [6.07, 6.45) is 8.28. The number of aryl methyl sites for hydroxylation is 1. The Morgan fingerprint density at radius 1 is 0.962 bits per heavy atom. The fraction of sp³-hybridized carbons (Fsp3) is 0.783. The quantitative estimate of drug-likeness (QED) is 0.652. The van der Waals surface area contributed by atoms with Crippen LogP contribution >= 0.6 is 11.3 Å². The van der Waals surface area contributed by atoms with Gasteiger partial charge in [-0.1, -0.05) is 41.5 Å². The van der Waals surface area contributed by atoms with Gasteiger partial charge in [0.25, 0.3) is 5.91 Å². The molecule has 3 rings (SSSR count). The maximum atomic E-state index is 12.8. The first-order valence-electron chi connectivity index (χ1n) is 10.5. The molecule has 1 aromatic heterocycles. The van der Waals surface area contributed by atoms with Gasteiger partial charge in [0, 0.05) is 10.9 Å². The Hall–Kier alpha value is -0.830. The van der Waals surface area contributed by atoms with E-state index in [0.717, 1.165) is 42.4 Å². The Balaban J connectivity index is 1.58. The summed E-state index contributed by atoms with van der Waals surface area (Å²) in [7, 11) is 0. The van der Waals surface area contributed by atoms with Gasteiger partial charge < -0.3 is 5.32 Å². The highest BCUT2D eigenvalue weighted by Gasteiger charge is 2.32. The second-order valence-electron chi connectivity index (χ2n) is 10.8. The Labute approximate surface area is 164 Å². The molecule has 0 aromatic carbocycles. The molecule has 26 heavy (non-hydrogen) atoms. The molecule has 2 nitrogen and oxygen atoms in total. The van der Waals surface area contributed by atoms with Crippen LogP contribution in [-0.2, 0) is 12.8 Å². The van der Waals surface area contributed by atoms with Crippen LogP contribution in [0.4, 0.5) is 0 Å². The van der Waals surface area contributed by atoms with Gasteiger partial charge >= 0.3 is 0 Å². The first-order valence-corrected chi connectivity index (χ1v) is 11.3. The van der Waals surface area contributed by atoms with E-state index in [4.69, 9.17) is 0 Å². The third-order valence-corrected chi connectivity index (χ3v) is 8.05. The molecule has 1 aromatic rings. The Bertz CT molecular complexity index is 638. The zero-order valence-corrected chi connectivity index (χ0v) is 18.4. The van der Waals surface area contributed by atoms with Crippen molar-refractivity contribution in [3.63, 3.8) is 0 Å². The van der Waals surface area contributed by atoms with Crippen LogP contribution in [0.1, 0.15) is 93.8 Å². The largest absolute Gasteiger partial charge is 0.349 e. The number of rotatable bonds is 2. The van der Waals surface area contributed by atoms with E-state index in [2.05, 4.69) is 52.9 Å². The summed E-state index contributed by atoms with van der Waals surface area (Å²) < 4.78 is 0. The number of amides is 1. The minimum atomic E-state index is 0.163. The molecule has 2 aliphatic carbocycles. The van der Waals surface area contributed by atoms with Crippen molar-refractivity contribution in [1.82, 2.24) is 5.32 Å². The molecule has 0 radical (unpaired) electrons. The molecule has 0 bridgehead atoms. The monoisotopic (exact) mass is 375 g/mol. The van der Waals surface area contributed by atoms with E-state index < -0.39 is 0 Å². The zero-order chi connectivity index (χ0) is 19.1. The molecule has 1 fully saturated rings. The van der Waals surface area contributed by atoms with Gasteiger partial charge in [0.2, 0.25) is 0 Å². The van der Waals surface area contributed by atoms with Gasteiger partial charge in [0.05, 0.1) is 4.88 Å². The van der Waals surface area contributed by atoms with Gasteiger partial charge in [-0.25, -0.2) is 0 Å². The second-order valence-corrected chi connectivity index (χ2v) is 11.9. The highest BCUT2D eigenvalue weighted by atomic mass is 32.1. The van der Waals surface area contributed by atoms with Crippen molar-refractivity contribution in [3.05, 3.63) is 21.4 Å². The summed E-state index contributed by atoms with van der Waals surface area (Å²) >= 11 is 1.74. The Morgan fingerprint density at radius 3 is 2.15 bits per heavy atom. The SMILES string of the molecule is CC(C)(C)C1CCC(NC(=O)c2cc3c(s2)CCC(C(C)(C)C)C3)CC1. The molecule has 3 heteroatoms. The summed E-state index contributed by atoms with van der Waals surface area (Å²) in [5, 5.41) is 3.33. The fourth-order valence-corrected chi connectivity index (χ4v) is 5.85.